The maximum absolute atomic E-state index is 13.9. The van der Waals surface area contributed by atoms with E-state index in [4.69, 9.17) is 5.73 Å². The van der Waals surface area contributed by atoms with Crippen LogP contribution < -0.4 is 10.6 Å². The van der Waals surface area contributed by atoms with Crippen LogP contribution in [-0.4, -0.2) is 48.8 Å². The summed E-state index contributed by atoms with van der Waals surface area (Å²) in [5.74, 6) is 0.298. The van der Waals surface area contributed by atoms with E-state index in [1.54, 1.807) is 13.0 Å². The van der Waals surface area contributed by atoms with E-state index in [0.717, 1.165) is 10.9 Å². The summed E-state index contributed by atoms with van der Waals surface area (Å²) in [6, 6.07) is 4.68. The number of alkyl halides is 3. The number of hydrogen-bond acceptors (Lipinski definition) is 4. The first-order valence-electron chi connectivity index (χ1n) is 8.55. The summed E-state index contributed by atoms with van der Waals surface area (Å²) in [5.41, 5.74) is 7.92. The standard InChI is InChI=1S/C18H22F4N4/c1-11-15(19)4-3-13-9-14(12(2)23)17(24-16(11)13)26-7-5-25(6-8-26)10-18(20,21)22/h3-4,9,12H,5-8,10,23H2,1-2H3. The van der Waals surface area contributed by atoms with E-state index >= 15 is 0 Å². The molecule has 0 bridgehead atoms. The number of hydrogen-bond donors (Lipinski definition) is 1. The Hall–Kier alpha value is -1.93. The first kappa shape index (κ1) is 18.8. The van der Waals surface area contributed by atoms with Crippen molar-refractivity contribution in [1.82, 2.24) is 9.88 Å². The maximum Gasteiger partial charge on any atom is 0.401 e. The summed E-state index contributed by atoms with van der Waals surface area (Å²) < 4.78 is 51.6. The number of aryl methyl sites for hydroxylation is 1. The molecule has 2 N–H and O–H groups in total. The van der Waals surface area contributed by atoms with Gasteiger partial charge in [-0.15, -0.1) is 0 Å². The molecule has 0 radical (unpaired) electrons. The van der Waals surface area contributed by atoms with Gasteiger partial charge in [-0.25, -0.2) is 9.37 Å². The van der Waals surface area contributed by atoms with Crippen molar-refractivity contribution in [1.29, 1.82) is 0 Å². The molecule has 2 heterocycles. The minimum absolute atomic E-state index is 0.291. The van der Waals surface area contributed by atoms with Crippen LogP contribution in [0, 0.1) is 12.7 Å². The third-order valence-electron chi connectivity index (χ3n) is 4.75. The molecule has 0 aliphatic carbocycles. The topological polar surface area (TPSA) is 45.4 Å². The van der Waals surface area contributed by atoms with Crippen LogP contribution >= 0.6 is 0 Å². The lowest BCUT2D eigenvalue weighted by molar-refractivity contribution is -0.146. The molecule has 26 heavy (non-hydrogen) atoms. The zero-order valence-corrected chi connectivity index (χ0v) is 14.8. The molecule has 142 valence electrons. The average Bonchev–Trinajstić information content (AvgIpc) is 2.56. The van der Waals surface area contributed by atoms with Crippen LogP contribution in [0.25, 0.3) is 10.9 Å². The Balaban J connectivity index is 1.92. The summed E-state index contributed by atoms with van der Waals surface area (Å²) in [4.78, 5) is 7.97. The SMILES string of the molecule is Cc1c(F)ccc2cc(C(C)N)c(N3CCN(CC(F)(F)F)CC3)nc12. The molecule has 8 heteroatoms. The van der Waals surface area contributed by atoms with Crippen LogP contribution in [0.5, 0.6) is 0 Å². The Labute approximate surface area is 149 Å². The highest BCUT2D eigenvalue weighted by atomic mass is 19.4. The van der Waals surface area contributed by atoms with E-state index in [1.807, 2.05) is 17.9 Å². The number of rotatable bonds is 3. The van der Waals surface area contributed by atoms with Crippen molar-refractivity contribution < 1.29 is 17.6 Å². The van der Waals surface area contributed by atoms with Crippen LogP contribution in [0.15, 0.2) is 18.2 Å². The first-order valence-corrected chi connectivity index (χ1v) is 8.55. The van der Waals surface area contributed by atoms with Gasteiger partial charge in [-0.3, -0.25) is 4.90 Å². The van der Waals surface area contributed by atoms with Gasteiger partial charge in [0.15, 0.2) is 0 Å². The molecule has 1 aromatic carbocycles. The molecule has 1 atom stereocenters. The van der Waals surface area contributed by atoms with Gasteiger partial charge in [0, 0.05) is 48.7 Å². The summed E-state index contributed by atoms with van der Waals surface area (Å²) in [5, 5.41) is 0.802. The van der Waals surface area contributed by atoms with Gasteiger partial charge in [-0.1, -0.05) is 0 Å². The van der Waals surface area contributed by atoms with Gasteiger partial charge >= 0.3 is 6.18 Å². The molecule has 0 amide bonds. The summed E-state index contributed by atoms with van der Waals surface area (Å²) in [6.07, 6.45) is -4.20. The van der Waals surface area contributed by atoms with Crippen molar-refractivity contribution >= 4 is 16.7 Å². The Morgan fingerprint density at radius 1 is 1.19 bits per heavy atom. The van der Waals surface area contributed by atoms with E-state index in [9.17, 15) is 17.6 Å². The molecule has 1 aliphatic rings. The lowest BCUT2D eigenvalue weighted by Crippen LogP contribution is -2.49. The van der Waals surface area contributed by atoms with Crippen LogP contribution in [0.2, 0.25) is 0 Å². The number of fused-ring (bicyclic) bond motifs is 1. The van der Waals surface area contributed by atoms with E-state index in [2.05, 4.69) is 4.98 Å². The van der Waals surface area contributed by atoms with E-state index < -0.39 is 12.7 Å². The third-order valence-corrected chi connectivity index (χ3v) is 4.75. The Morgan fingerprint density at radius 2 is 1.85 bits per heavy atom. The quantitative estimate of drug-likeness (QED) is 0.842. The van der Waals surface area contributed by atoms with Gasteiger partial charge in [-0.2, -0.15) is 13.2 Å². The molecule has 1 fully saturated rings. The van der Waals surface area contributed by atoms with Crippen molar-refractivity contribution in [3.8, 4) is 0 Å². The third kappa shape index (κ3) is 3.91. The lowest BCUT2D eigenvalue weighted by Gasteiger charge is -2.37. The molecular formula is C18H22F4N4. The molecule has 1 aromatic heterocycles. The van der Waals surface area contributed by atoms with Crippen molar-refractivity contribution in [2.45, 2.75) is 26.1 Å². The monoisotopic (exact) mass is 370 g/mol. The van der Waals surface area contributed by atoms with Crippen LogP contribution in [0.3, 0.4) is 0 Å². The van der Waals surface area contributed by atoms with Crippen LogP contribution in [0.4, 0.5) is 23.4 Å². The molecule has 1 aliphatic heterocycles. The smallest absolute Gasteiger partial charge is 0.354 e. The molecule has 3 rings (SSSR count). The highest BCUT2D eigenvalue weighted by Crippen LogP contribution is 2.30. The van der Waals surface area contributed by atoms with Gasteiger partial charge in [0.05, 0.1) is 12.1 Å². The predicted octanol–water partition coefficient (Wildman–Crippen LogP) is 3.39. The van der Waals surface area contributed by atoms with E-state index in [-0.39, 0.29) is 11.9 Å². The van der Waals surface area contributed by atoms with Gasteiger partial charge < -0.3 is 10.6 Å². The zero-order chi connectivity index (χ0) is 19.1. The van der Waals surface area contributed by atoms with Crippen LogP contribution in [-0.2, 0) is 0 Å². The number of nitrogens with two attached hydrogens (primary N) is 1. The van der Waals surface area contributed by atoms with Crippen LogP contribution in [0.1, 0.15) is 24.1 Å². The number of halogens is 4. The second-order valence-electron chi connectivity index (χ2n) is 6.81. The van der Waals surface area contributed by atoms with Crippen molar-refractivity contribution in [2.75, 3.05) is 37.6 Å². The minimum Gasteiger partial charge on any atom is -0.354 e. The molecule has 1 saturated heterocycles. The summed E-state index contributed by atoms with van der Waals surface area (Å²) in [7, 11) is 0. The highest BCUT2D eigenvalue weighted by molar-refractivity contribution is 5.85. The Kier molecular flexibility index (Phi) is 5.07. The number of benzene rings is 1. The normalized spacial score (nSPS) is 17.7. The fourth-order valence-corrected chi connectivity index (χ4v) is 3.32. The number of anilines is 1. The van der Waals surface area contributed by atoms with Crippen molar-refractivity contribution in [3.05, 3.63) is 35.1 Å². The highest BCUT2D eigenvalue weighted by Gasteiger charge is 2.32. The van der Waals surface area contributed by atoms with Gasteiger partial charge in [0.1, 0.15) is 11.6 Å². The minimum atomic E-state index is -4.20. The largest absolute Gasteiger partial charge is 0.401 e. The molecule has 0 spiro atoms. The van der Waals surface area contributed by atoms with Gasteiger partial charge in [0.2, 0.25) is 0 Å². The summed E-state index contributed by atoms with van der Waals surface area (Å²) >= 11 is 0. The fraction of sp³-hybridized carbons (Fsp3) is 0.500. The second kappa shape index (κ2) is 7.00. The summed E-state index contributed by atoms with van der Waals surface area (Å²) in [6.45, 7) is 4.02. The van der Waals surface area contributed by atoms with E-state index in [0.29, 0.717) is 43.1 Å². The Morgan fingerprint density at radius 3 is 2.42 bits per heavy atom. The van der Waals surface area contributed by atoms with E-state index in [1.165, 1.54) is 11.0 Å². The fourth-order valence-electron chi connectivity index (χ4n) is 3.32. The predicted molar refractivity (Wildman–Crippen MR) is 93.7 cm³/mol. The number of piperazine rings is 1. The Bertz CT molecular complexity index is 796. The molecule has 1 unspecified atom stereocenters. The van der Waals surface area contributed by atoms with Crippen molar-refractivity contribution in [3.63, 3.8) is 0 Å². The zero-order valence-electron chi connectivity index (χ0n) is 14.8. The van der Waals surface area contributed by atoms with Crippen molar-refractivity contribution in [2.24, 2.45) is 5.73 Å². The second-order valence-corrected chi connectivity index (χ2v) is 6.81. The molecular weight excluding hydrogens is 348 g/mol. The molecule has 0 saturated carbocycles. The first-order chi connectivity index (χ1) is 12.2. The number of nitrogens with zero attached hydrogens (tertiary/aromatic N) is 3. The lowest BCUT2D eigenvalue weighted by atomic mass is 10.0. The van der Waals surface area contributed by atoms with Gasteiger partial charge in [0.25, 0.3) is 0 Å². The van der Waals surface area contributed by atoms with Gasteiger partial charge in [-0.05, 0) is 32.0 Å². The number of pyridine rings is 1. The average molecular weight is 370 g/mol. The number of aromatic nitrogens is 1. The molecule has 4 nitrogen and oxygen atoms in total. The molecule has 2 aromatic rings. The maximum atomic E-state index is 13.9.